The number of quaternary nitrogens is 1. The van der Waals surface area contributed by atoms with Crippen LogP contribution in [0, 0.1) is 6.92 Å². The lowest BCUT2D eigenvalue weighted by Gasteiger charge is -2.18. The number of aryl methyl sites for hydroxylation is 1. The summed E-state index contributed by atoms with van der Waals surface area (Å²) in [7, 11) is 0. The minimum atomic E-state index is 0.212. The van der Waals surface area contributed by atoms with E-state index in [2.05, 4.69) is 30.1 Å². The molecule has 0 saturated carbocycles. The lowest BCUT2D eigenvalue weighted by atomic mass is 10.0. The standard InChI is InChI=1S/C21H24N2O/c1-15-19(14-23-12-6-2-3-7-13-23)21(24)18-11-10-16-8-4-5-9-17(16)20(18)22-15/h4-5,8-11H,2-3,6-7,12-14H2,1H3,(H,22,24)/p+1. The fraction of sp³-hybridized carbons (Fsp3) is 0.381. The van der Waals surface area contributed by atoms with E-state index < -0.39 is 0 Å². The molecule has 24 heavy (non-hydrogen) atoms. The molecule has 4 rings (SSSR count). The first-order chi connectivity index (χ1) is 11.7. The Kier molecular flexibility index (Phi) is 4.11. The molecule has 0 aliphatic carbocycles. The predicted octanol–water partition coefficient (Wildman–Crippen LogP) is 2.95. The van der Waals surface area contributed by atoms with Crippen LogP contribution in [-0.4, -0.2) is 18.1 Å². The zero-order valence-corrected chi connectivity index (χ0v) is 14.3. The Bertz CT molecular complexity index is 934. The van der Waals surface area contributed by atoms with Gasteiger partial charge in [0.2, 0.25) is 0 Å². The summed E-state index contributed by atoms with van der Waals surface area (Å²) in [6, 6.07) is 12.3. The summed E-state index contributed by atoms with van der Waals surface area (Å²) in [5.74, 6) is 0. The van der Waals surface area contributed by atoms with Crippen molar-refractivity contribution in [1.29, 1.82) is 0 Å². The monoisotopic (exact) mass is 321 g/mol. The van der Waals surface area contributed by atoms with Crippen LogP contribution < -0.4 is 10.3 Å². The highest BCUT2D eigenvalue weighted by Gasteiger charge is 2.18. The average molecular weight is 321 g/mol. The lowest BCUT2D eigenvalue weighted by molar-refractivity contribution is -0.913. The van der Waals surface area contributed by atoms with Crippen LogP contribution in [0.15, 0.2) is 41.2 Å². The van der Waals surface area contributed by atoms with Gasteiger partial charge < -0.3 is 9.88 Å². The van der Waals surface area contributed by atoms with Crippen LogP contribution in [0.25, 0.3) is 21.7 Å². The van der Waals surface area contributed by atoms with E-state index in [1.54, 1.807) is 4.90 Å². The summed E-state index contributed by atoms with van der Waals surface area (Å²) >= 11 is 0. The molecule has 1 aromatic heterocycles. The summed E-state index contributed by atoms with van der Waals surface area (Å²) < 4.78 is 0. The fourth-order valence-electron chi connectivity index (χ4n) is 4.06. The molecular formula is C21H25N2O+. The number of nitrogens with one attached hydrogen (secondary N) is 2. The molecule has 0 bridgehead atoms. The molecule has 2 heterocycles. The van der Waals surface area contributed by atoms with Gasteiger partial charge in [0.05, 0.1) is 24.2 Å². The molecule has 2 N–H and O–H groups in total. The molecule has 0 amide bonds. The van der Waals surface area contributed by atoms with Crippen molar-refractivity contribution in [2.75, 3.05) is 13.1 Å². The number of hydrogen-bond donors (Lipinski definition) is 2. The van der Waals surface area contributed by atoms with Crippen molar-refractivity contribution in [1.82, 2.24) is 4.98 Å². The van der Waals surface area contributed by atoms with Gasteiger partial charge in [0, 0.05) is 16.5 Å². The molecule has 3 nitrogen and oxygen atoms in total. The average Bonchev–Trinajstić information content (AvgIpc) is 2.87. The largest absolute Gasteiger partial charge is 0.357 e. The first-order valence-electron chi connectivity index (χ1n) is 9.11. The topological polar surface area (TPSA) is 37.3 Å². The number of aromatic amines is 1. The number of pyridine rings is 1. The second kappa shape index (κ2) is 6.40. The van der Waals surface area contributed by atoms with Crippen molar-refractivity contribution >= 4 is 21.7 Å². The zero-order valence-electron chi connectivity index (χ0n) is 14.3. The molecule has 3 aromatic rings. The van der Waals surface area contributed by atoms with Crippen molar-refractivity contribution in [2.24, 2.45) is 0 Å². The molecule has 1 aliphatic rings. The molecule has 1 saturated heterocycles. The summed E-state index contributed by atoms with van der Waals surface area (Å²) in [6.07, 6.45) is 5.24. The molecule has 0 unspecified atom stereocenters. The first kappa shape index (κ1) is 15.4. The van der Waals surface area contributed by atoms with Crippen LogP contribution in [-0.2, 0) is 6.54 Å². The third-order valence-corrected chi connectivity index (χ3v) is 5.45. The van der Waals surface area contributed by atoms with Crippen LogP contribution in [0.2, 0.25) is 0 Å². The molecule has 0 radical (unpaired) electrons. The van der Waals surface area contributed by atoms with E-state index in [-0.39, 0.29) is 5.43 Å². The van der Waals surface area contributed by atoms with Gasteiger partial charge in [0.15, 0.2) is 5.43 Å². The molecular weight excluding hydrogens is 296 g/mol. The van der Waals surface area contributed by atoms with Crippen molar-refractivity contribution in [2.45, 2.75) is 39.2 Å². The van der Waals surface area contributed by atoms with Crippen LogP contribution in [0.1, 0.15) is 36.9 Å². The molecule has 0 spiro atoms. The van der Waals surface area contributed by atoms with Crippen LogP contribution in [0.4, 0.5) is 0 Å². The van der Waals surface area contributed by atoms with E-state index in [9.17, 15) is 4.79 Å². The van der Waals surface area contributed by atoms with Gasteiger partial charge in [-0.15, -0.1) is 0 Å². The number of benzene rings is 2. The van der Waals surface area contributed by atoms with Gasteiger partial charge in [-0.05, 0) is 44.1 Å². The van der Waals surface area contributed by atoms with Gasteiger partial charge in [-0.25, -0.2) is 0 Å². The van der Waals surface area contributed by atoms with Crippen molar-refractivity contribution in [3.05, 3.63) is 57.9 Å². The minimum Gasteiger partial charge on any atom is -0.357 e. The van der Waals surface area contributed by atoms with E-state index in [1.165, 1.54) is 44.2 Å². The molecule has 1 aliphatic heterocycles. The van der Waals surface area contributed by atoms with Crippen LogP contribution >= 0.6 is 0 Å². The third-order valence-electron chi connectivity index (χ3n) is 5.45. The second-order valence-corrected chi connectivity index (χ2v) is 7.11. The molecule has 3 heteroatoms. The van der Waals surface area contributed by atoms with E-state index >= 15 is 0 Å². The number of likely N-dealkylation sites (tertiary alicyclic amines) is 1. The van der Waals surface area contributed by atoms with Gasteiger partial charge >= 0.3 is 0 Å². The number of H-pyrrole nitrogens is 1. The Morgan fingerprint density at radius 2 is 1.71 bits per heavy atom. The maximum atomic E-state index is 13.1. The SMILES string of the molecule is Cc1[nH]c2c(ccc3ccccc32)c(=O)c1C[NH+]1CCCCCC1. The maximum absolute atomic E-state index is 13.1. The minimum absolute atomic E-state index is 0.212. The van der Waals surface area contributed by atoms with E-state index in [4.69, 9.17) is 0 Å². The Morgan fingerprint density at radius 3 is 2.50 bits per heavy atom. The molecule has 0 atom stereocenters. The maximum Gasteiger partial charge on any atom is 0.198 e. The second-order valence-electron chi connectivity index (χ2n) is 7.11. The zero-order chi connectivity index (χ0) is 16.5. The van der Waals surface area contributed by atoms with Crippen LogP contribution in [0.5, 0.6) is 0 Å². The first-order valence-corrected chi connectivity index (χ1v) is 9.11. The van der Waals surface area contributed by atoms with Gasteiger partial charge in [0.1, 0.15) is 6.54 Å². The van der Waals surface area contributed by atoms with Gasteiger partial charge in [0.25, 0.3) is 0 Å². The third kappa shape index (κ3) is 2.73. The fourth-order valence-corrected chi connectivity index (χ4v) is 4.06. The van der Waals surface area contributed by atoms with Crippen molar-refractivity contribution < 1.29 is 4.90 Å². The summed E-state index contributed by atoms with van der Waals surface area (Å²) in [6.45, 7) is 5.28. The summed E-state index contributed by atoms with van der Waals surface area (Å²) in [5.41, 5.74) is 3.18. The quantitative estimate of drug-likeness (QED) is 0.700. The summed E-state index contributed by atoms with van der Waals surface area (Å²) in [4.78, 5) is 18.2. The highest BCUT2D eigenvalue weighted by molar-refractivity contribution is 6.05. The smallest absolute Gasteiger partial charge is 0.198 e. The highest BCUT2D eigenvalue weighted by Crippen LogP contribution is 2.22. The number of hydrogen-bond acceptors (Lipinski definition) is 1. The lowest BCUT2D eigenvalue weighted by Crippen LogP contribution is -3.10. The number of rotatable bonds is 2. The normalized spacial score (nSPS) is 16.5. The number of fused-ring (bicyclic) bond motifs is 3. The van der Waals surface area contributed by atoms with Crippen LogP contribution in [0.3, 0.4) is 0 Å². The van der Waals surface area contributed by atoms with Gasteiger partial charge in [-0.3, -0.25) is 4.79 Å². The predicted molar refractivity (Wildman–Crippen MR) is 99.7 cm³/mol. The van der Waals surface area contributed by atoms with E-state index in [0.717, 1.165) is 34.1 Å². The van der Waals surface area contributed by atoms with E-state index in [1.807, 2.05) is 18.2 Å². The molecule has 1 fully saturated rings. The Labute approximate surface area is 142 Å². The molecule has 2 aromatic carbocycles. The Balaban J connectivity index is 1.82. The molecule has 124 valence electrons. The highest BCUT2D eigenvalue weighted by atomic mass is 16.1. The van der Waals surface area contributed by atoms with Gasteiger partial charge in [-0.1, -0.05) is 30.3 Å². The van der Waals surface area contributed by atoms with E-state index in [0.29, 0.717) is 0 Å². The summed E-state index contributed by atoms with van der Waals surface area (Å²) in [5, 5.41) is 3.12. The Morgan fingerprint density at radius 1 is 0.958 bits per heavy atom. The van der Waals surface area contributed by atoms with Crippen molar-refractivity contribution in [3.63, 3.8) is 0 Å². The Hall–Kier alpha value is -2.13. The number of aromatic nitrogens is 1. The van der Waals surface area contributed by atoms with Crippen molar-refractivity contribution in [3.8, 4) is 0 Å². The van der Waals surface area contributed by atoms with Gasteiger partial charge in [-0.2, -0.15) is 0 Å².